The van der Waals surface area contributed by atoms with Crippen molar-refractivity contribution in [3.05, 3.63) is 18.0 Å². The minimum Gasteiger partial charge on any atom is -0.397 e. The number of aliphatic hydroxyl groups is 1. The number of carbonyl (C=O) groups excluding carboxylic acids is 1. The topological polar surface area (TPSA) is 71.5 Å². The summed E-state index contributed by atoms with van der Waals surface area (Å²) in [6.45, 7) is 3.45. The molecule has 0 aliphatic carbocycles. The molecule has 0 spiro atoms. The normalized spacial score (nSPS) is 19.9. The van der Waals surface area contributed by atoms with Crippen LogP contribution in [0.15, 0.2) is 12.3 Å². The van der Waals surface area contributed by atoms with Crippen LogP contribution in [0.25, 0.3) is 0 Å². The van der Waals surface area contributed by atoms with Crippen LogP contribution in [-0.2, 0) is 6.54 Å². The molecule has 1 unspecified atom stereocenters. The van der Waals surface area contributed by atoms with Crippen molar-refractivity contribution in [2.24, 2.45) is 0 Å². The summed E-state index contributed by atoms with van der Waals surface area (Å²) in [5, 5.41) is 9.24. The summed E-state index contributed by atoms with van der Waals surface area (Å²) in [5.41, 5.74) is 6.94. The van der Waals surface area contributed by atoms with Gasteiger partial charge in [0.2, 0.25) is 0 Å². The summed E-state index contributed by atoms with van der Waals surface area (Å²) in [5.74, 6) is -0.0277. The Labute approximate surface area is 101 Å². The highest BCUT2D eigenvalue weighted by molar-refractivity contribution is 5.94. The highest BCUT2D eigenvalue weighted by Gasteiger charge is 2.30. The van der Waals surface area contributed by atoms with Gasteiger partial charge in [0.15, 0.2) is 0 Å². The largest absolute Gasteiger partial charge is 0.397 e. The van der Waals surface area contributed by atoms with Crippen molar-refractivity contribution in [1.82, 2.24) is 9.47 Å². The molecule has 1 aromatic heterocycles. The third-order valence-electron chi connectivity index (χ3n) is 3.33. The van der Waals surface area contributed by atoms with Crippen LogP contribution in [0, 0.1) is 0 Å². The number of likely N-dealkylation sites (tertiary alicyclic amines) is 1. The van der Waals surface area contributed by atoms with Gasteiger partial charge in [0.05, 0.1) is 18.3 Å². The molecule has 3 N–H and O–H groups in total. The number of amides is 1. The number of nitrogens with two attached hydrogens (primary N) is 1. The second-order valence-corrected chi connectivity index (χ2v) is 4.42. The smallest absolute Gasteiger partial charge is 0.270 e. The molecule has 1 atom stereocenters. The molecular formula is C12H19N3O2. The number of aryl methyl sites for hydroxylation is 1. The summed E-state index contributed by atoms with van der Waals surface area (Å²) in [6.07, 6.45) is 3.61. The Morgan fingerprint density at radius 1 is 1.65 bits per heavy atom. The highest BCUT2D eigenvalue weighted by Crippen LogP contribution is 2.21. The Bertz CT molecular complexity index is 414. The van der Waals surface area contributed by atoms with E-state index in [1.807, 2.05) is 11.5 Å². The van der Waals surface area contributed by atoms with E-state index in [4.69, 9.17) is 5.73 Å². The van der Waals surface area contributed by atoms with Crippen LogP contribution in [0.3, 0.4) is 0 Å². The molecule has 17 heavy (non-hydrogen) atoms. The molecule has 0 saturated carbocycles. The monoisotopic (exact) mass is 237 g/mol. The van der Waals surface area contributed by atoms with Gasteiger partial charge in [0.25, 0.3) is 5.91 Å². The van der Waals surface area contributed by atoms with Crippen molar-refractivity contribution < 1.29 is 9.90 Å². The molecule has 0 radical (unpaired) electrons. The number of hydrogen-bond acceptors (Lipinski definition) is 3. The van der Waals surface area contributed by atoms with Crippen molar-refractivity contribution in [1.29, 1.82) is 0 Å². The van der Waals surface area contributed by atoms with E-state index in [1.165, 1.54) is 0 Å². The minimum atomic E-state index is -0.0380. The van der Waals surface area contributed by atoms with E-state index in [1.54, 1.807) is 17.2 Å². The van der Waals surface area contributed by atoms with E-state index >= 15 is 0 Å². The second kappa shape index (κ2) is 4.79. The van der Waals surface area contributed by atoms with E-state index in [-0.39, 0.29) is 18.6 Å². The summed E-state index contributed by atoms with van der Waals surface area (Å²) in [7, 11) is 0. The Balaban J connectivity index is 2.24. The molecule has 5 nitrogen and oxygen atoms in total. The van der Waals surface area contributed by atoms with Gasteiger partial charge < -0.3 is 20.3 Å². The molecule has 1 aromatic rings. The fourth-order valence-electron chi connectivity index (χ4n) is 2.41. The molecule has 1 saturated heterocycles. The fraction of sp³-hybridized carbons (Fsp3) is 0.583. The maximum absolute atomic E-state index is 12.3. The lowest BCUT2D eigenvalue weighted by Gasteiger charge is -2.23. The quantitative estimate of drug-likeness (QED) is 0.812. The second-order valence-electron chi connectivity index (χ2n) is 4.42. The molecule has 94 valence electrons. The summed E-state index contributed by atoms with van der Waals surface area (Å²) >= 11 is 0. The Morgan fingerprint density at radius 2 is 2.41 bits per heavy atom. The van der Waals surface area contributed by atoms with Crippen LogP contribution in [0.2, 0.25) is 0 Å². The lowest BCUT2D eigenvalue weighted by Crippen LogP contribution is -2.38. The van der Waals surface area contributed by atoms with E-state index in [9.17, 15) is 9.90 Å². The van der Waals surface area contributed by atoms with Gasteiger partial charge in [-0.15, -0.1) is 0 Å². The number of aliphatic hydroxyl groups excluding tert-OH is 1. The van der Waals surface area contributed by atoms with E-state index in [2.05, 4.69) is 0 Å². The van der Waals surface area contributed by atoms with Crippen LogP contribution >= 0.6 is 0 Å². The van der Waals surface area contributed by atoms with Crippen molar-refractivity contribution in [3.63, 3.8) is 0 Å². The average Bonchev–Trinajstić information content (AvgIpc) is 2.93. The molecule has 1 aliphatic heterocycles. The van der Waals surface area contributed by atoms with E-state index < -0.39 is 0 Å². The maximum Gasteiger partial charge on any atom is 0.270 e. The molecule has 1 amide bonds. The molecule has 1 aliphatic rings. The lowest BCUT2D eigenvalue weighted by molar-refractivity contribution is 0.0667. The minimum absolute atomic E-state index is 0.0277. The number of anilines is 1. The highest BCUT2D eigenvalue weighted by atomic mass is 16.3. The number of rotatable bonds is 3. The number of hydrogen-bond donors (Lipinski definition) is 2. The molecule has 0 aromatic carbocycles. The fourth-order valence-corrected chi connectivity index (χ4v) is 2.41. The zero-order valence-electron chi connectivity index (χ0n) is 10.1. The number of nitrogen functional groups attached to an aromatic ring is 1. The van der Waals surface area contributed by atoms with Crippen LogP contribution in [0.4, 0.5) is 5.69 Å². The summed E-state index contributed by atoms with van der Waals surface area (Å²) in [6, 6.07) is 1.67. The zero-order chi connectivity index (χ0) is 12.4. The predicted octanol–water partition coefficient (Wildman–Crippen LogP) is 0.687. The number of aromatic nitrogens is 1. The van der Waals surface area contributed by atoms with Crippen molar-refractivity contribution >= 4 is 11.6 Å². The SMILES string of the molecule is CCn1cc(N)cc1C(=O)N1CCCC1CO. The van der Waals surface area contributed by atoms with Gasteiger partial charge in [-0.2, -0.15) is 0 Å². The predicted molar refractivity (Wildman–Crippen MR) is 65.7 cm³/mol. The molecule has 5 heteroatoms. The third kappa shape index (κ3) is 2.15. The summed E-state index contributed by atoms with van der Waals surface area (Å²) < 4.78 is 1.85. The number of carbonyl (C=O) groups is 1. The third-order valence-corrected chi connectivity index (χ3v) is 3.33. The molecule has 0 bridgehead atoms. The van der Waals surface area contributed by atoms with Gasteiger partial charge in [0, 0.05) is 19.3 Å². The first-order chi connectivity index (χ1) is 8.17. The van der Waals surface area contributed by atoms with Gasteiger partial charge >= 0.3 is 0 Å². The standard InChI is InChI=1S/C12H19N3O2/c1-2-14-7-9(13)6-11(14)12(17)15-5-3-4-10(15)8-16/h6-7,10,16H,2-5,8,13H2,1H3. The van der Waals surface area contributed by atoms with Gasteiger partial charge in [0.1, 0.15) is 5.69 Å². The first-order valence-electron chi connectivity index (χ1n) is 6.04. The van der Waals surface area contributed by atoms with Crippen molar-refractivity contribution in [2.45, 2.75) is 32.4 Å². The Hall–Kier alpha value is -1.49. The van der Waals surface area contributed by atoms with Crippen LogP contribution in [0.5, 0.6) is 0 Å². The maximum atomic E-state index is 12.3. The van der Waals surface area contributed by atoms with E-state index in [0.717, 1.165) is 25.9 Å². The Morgan fingerprint density at radius 3 is 3.06 bits per heavy atom. The zero-order valence-corrected chi connectivity index (χ0v) is 10.1. The summed E-state index contributed by atoms with van der Waals surface area (Å²) in [4.78, 5) is 14.1. The van der Waals surface area contributed by atoms with Crippen LogP contribution in [-0.4, -0.2) is 39.7 Å². The van der Waals surface area contributed by atoms with Gasteiger partial charge in [-0.25, -0.2) is 0 Å². The number of nitrogens with zero attached hydrogens (tertiary/aromatic N) is 2. The van der Waals surface area contributed by atoms with Gasteiger partial charge in [-0.05, 0) is 25.8 Å². The van der Waals surface area contributed by atoms with Gasteiger partial charge in [-0.1, -0.05) is 0 Å². The average molecular weight is 237 g/mol. The van der Waals surface area contributed by atoms with Gasteiger partial charge in [-0.3, -0.25) is 4.79 Å². The molecule has 2 heterocycles. The molecule has 1 fully saturated rings. The van der Waals surface area contributed by atoms with Crippen LogP contribution < -0.4 is 5.73 Å². The van der Waals surface area contributed by atoms with Crippen LogP contribution in [0.1, 0.15) is 30.3 Å². The van der Waals surface area contributed by atoms with Crippen molar-refractivity contribution in [2.75, 3.05) is 18.9 Å². The molecule has 2 rings (SSSR count). The molecular weight excluding hydrogens is 218 g/mol. The first-order valence-corrected chi connectivity index (χ1v) is 6.04. The van der Waals surface area contributed by atoms with Crippen molar-refractivity contribution in [3.8, 4) is 0 Å². The Kier molecular flexibility index (Phi) is 3.38. The lowest BCUT2D eigenvalue weighted by atomic mass is 10.2. The first kappa shape index (κ1) is 12.0. The van der Waals surface area contributed by atoms with E-state index in [0.29, 0.717) is 11.4 Å².